The molecule has 0 N–H and O–H groups in total. The zero-order valence-electron chi connectivity index (χ0n) is 11.3. The van der Waals surface area contributed by atoms with E-state index < -0.39 is 0 Å². The molecule has 0 bridgehead atoms. The van der Waals surface area contributed by atoms with Crippen molar-refractivity contribution in [3.63, 3.8) is 0 Å². The SMILES string of the molecule is CCOC(=O)CC#Cc1cccc(N2CCCC2)c1. The molecular weight excluding hydrogens is 238 g/mol. The van der Waals surface area contributed by atoms with E-state index in [9.17, 15) is 4.79 Å². The smallest absolute Gasteiger partial charge is 0.317 e. The van der Waals surface area contributed by atoms with Gasteiger partial charge in [0.2, 0.25) is 0 Å². The molecule has 0 aromatic heterocycles. The number of hydrogen-bond acceptors (Lipinski definition) is 3. The molecular formula is C16H19NO2. The van der Waals surface area contributed by atoms with Crippen molar-refractivity contribution in [1.82, 2.24) is 0 Å². The predicted octanol–water partition coefficient (Wildman–Crippen LogP) is 2.59. The van der Waals surface area contributed by atoms with Crippen LogP contribution in [0.5, 0.6) is 0 Å². The molecule has 0 radical (unpaired) electrons. The Bertz CT molecular complexity index is 493. The molecule has 1 aliphatic rings. The number of hydrogen-bond donors (Lipinski definition) is 0. The predicted molar refractivity (Wildman–Crippen MR) is 76.0 cm³/mol. The lowest BCUT2D eigenvalue weighted by atomic mass is 10.2. The Morgan fingerprint density at radius 1 is 1.37 bits per heavy atom. The first kappa shape index (κ1) is 13.5. The molecule has 3 nitrogen and oxygen atoms in total. The van der Waals surface area contributed by atoms with Crippen LogP contribution in [0.25, 0.3) is 0 Å². The number of nitrogens with zero attached hydrogens (tertiary/aromatic N) is 1. The summed E-state index contributed by atoms with van der Waals surface area (Å²) < 4.78 is 4.84. The fourth-order valence-corrected chi connectivity index (χ4v) is 2.19. The van der Waals surface area contributed by atoms with E-state index in [0.717, 1.165) is 18.7 Å². The number of benzene rings is 1. The monoisotopic (exact) mass is 257 g/mol. The highest BCUT2D eigenvalue weighted by Gasteiger charge is 2.11. The molecule has 0 saturated carbocycles. The second-order valence-electron chi connectivity index (χ2n) is 4.53. The van der Waals surface area contributed by atoms with Gasteiger partial charge in [-0.1, -0.05) is 17.9 Å². The number of carbonyl (C=O) groups is 1. The molecule has 1 heterocycles. The Kier molecular flexibility index (Phi) is 4.85. The molecule has 1 aromatic carbocycles. The topological polar surface area (TPSA) is 29.5 Å². The number of anilines is 1. The molecule has 0 spiro atoms. The quantitative estimate of drug-likeness (QED) is 0.616. The first-order chi connectivity index (χ1) is 9.29. The molecule has 1 aromatic rings. The minimum absolute atomic E-state index is 0.155. The normalized spacial score (nSPS) is 13.8. The minimum atomic E-state index is -0.259. The summed E-state index contributed by atoms with van der Waals surface area (Å²) in [4.78, 5) is 13.5. The molecule has 19 heavy (non-hydrogen) atoms. The summed E-state index contributed by atoms with van der Waals surface area (Å²) >= 11 is 0. The largest absolute Gasteiger partial charge is 0.465 e. The van der Waals surface area contributed by atoms with E-state index in [1.165, 1.54) is 18.5 Å². The van der Waals surface area contributed by atoms with Crippen LogP contribution in [0, 0.1) is 11.8 Å². The molecule has 0 atom stereocenters. The average molecular weight is 257 g/mol. The van der Waals surface area contributed by atoms with Gasteiger partial charge in [0, 0.05) is 24.3 Å². The van der Waals surface area contributed by atoms with Gasteiger partial charge in [0.25, 0.3) is 0 Å². The zero-order valence-corrected chi connectivity index (χ0v) is 11.3. The lowest BCUT2D eigenvalue weighted by Gasteiger charge is -2.17. The highest BCUT2D eigenvalue weighted by atomic mass is 16.5. The Morgan fingerprint density at radius 2 is 2.16 bits per heavy atom. The summed E-state index contributed by atoms with van der Waals surface area (Å²) in [5, 5.41) is 0. The van der Waals surface area contributed by atoms with Crippen LogP contribution >= 0.6 is 0 Å². The summed E-state index contributed by atoms with van der Waals surface area (Å²) in [6, 6.07) is 8.19. The molecule has 1 fully saturated rings. The molecule has 1 aliphatic heterocycles. The summed E-state index contributed by atoms with van der Waals surface area (Å²) in [6.07, 6.45) is 2.68. The van der Waals surface area contributed by atoms with Gasteiger partial charge in [0.15, 0.2) is 0 Å². The van der Waals surface area contributed by atoms with E-state index >= 15 is 0 Å². The molecule has 0 unspecified atom stereocenters. The van der Waals surface area contributed by atoms with E-state index in [1.54, 1.807) is 6.92 Å². The van der Waals surface area contributed by atoms with Crippen molar-refractivity contribution in [2.24, 2.45) is 0 Å². The van der Waals surface area contributed by atoms with Gasteiger partial charge in [-0.05, 0) is 38.0 Å². The Morgan fingerprint density at radius 3 is 2.89 bits per heavy atom. The Hall–Kier alpha value is -1.95. The Labute approximate surface area is 114 Å². The number of esters is 1. The molecule has 2 rings (SSSR count). The summed E-state index contributed by atoms with van der Waals surface area (Å²) in [7, 11) is 0. The second-order valence-corrected chi connectivity index (χ2v) is 4.53. The Balaban J connectivity index is 1.99. The lowest BCUT2D eigenvalue weighted by Crippen LogP contribution is -2.17. The van der Waals surface area contributed by atoms with Crippen LogP contribution in [0.4, 0.5) is 5.69 Å². The fourth-order valence-electron chi connectivity index (χ4n) is 2.19. The standard InChI is InChI=1S/C16H19NO2/c1-2-19-16(18)10-6-8-14-7-5-9-15(13-14)17-11-3-4-12-17/h5,7,9,13H,2-4,10-12H2,1H3. The maximum atomic E-state index is 11.2. The van der Waals surface area contributed by atoms with Crippen molar-refractivity contribution in [2.45, 2.75) is 26.2 Å². The third-order valence-electron chi connectivity index (χ3n) is 3.09. The highest BCUT2D eigenvalue weighted by Crippen LogP contribution is 2.20. The summed E-state index contributed by atoms with van der Waals surface area (Å²) in [5.74, 6) is 5.62. The van der Waals surface area contributed by atoms with Gasteiger partial charge in [0.1, 0.15) is 6.42 Å². The molecule has 100 valence electrons. The first-order valence-corrected chi connectivity index (χ1v) is 6.79. The lowest BCUT2D eigenvalue weighted by molar-refractivity contribution is -0.141. The molecule has 3 heteroatoms. The van der Waals surface area contributed by atoms with Gasteiger partial charge in [-0.2, -0.15) is 0 Å². The van der Waals surface area contributed by atoms with Crippen molar-refractivity contribution in [3.8, 4) is 11.8 Å². The minimum Gasteiger partial charge on any atom is -0.465 e. The average Bonchev–Trinajstić information content (AvgIpc) is 2.93. The van der Waals surface area contributed by atoms with Gasteiger partial charge in [0.05, 0.1) is 6.61 Å². The number of carbonyl (C=O) groups excluding carboxylic acids is 1. The van der Waals surface area contributed by atoms with E-state index in [1.807, 2.05) is 12.1 Å². The van der Waals surface area contributed by atoms with E-state index in [-0.39, 0.29) is 12.4 Å². The van der Waals surface area contributed by atoms with Crippen LogP contribution in [-0.2, 0) is 9.53 Å². The maximum absolute atomic E-state index is 11.2. The van der Waals surface area contributed by atoms with Crippen LogP contribution < -0.4 is 4.90 Å². The van der Waals surface area contributed by atoms with Gasteiger partial charge in [-0.25, -0.2) is 0 Å². The van der Waals surface area contributed by atoms with Gasteiger partial charge in [-0.3, -0.25) is 4.79 Å². The highest BCUT2D eigenvalue weighted by molar-refractivity contribution is 5.72. The number of ether oxygens (including phenoxy) is 1. The molecule has 0 aliphatic carbocycles. The van der Waals surface area contributed by atoms with Crippen molar-refractivity contribution >= 4 is 11.7 Å². The third kappa shape index (κ3) is 4.03. The van der Waals surface area contributed by atoms with Gasteiger partial charge in [-0.15, -0.1) is 0 Å². The second kappa shape index (κ2) is 6.84. The maximum Gasteiger partial charge on any atom is 0.317 e. The van der Waals surface area contributed by atoms with E-state index in [4.69, 9.17) is 4.74 Å². The summed E-state index contributed by atoms with van der Waals surface area (Å²) in [6.45, 7) is 4.45. The zero-order chi connectivity index (χ0) is 13.5. The summed E-state index contributed by atoms with van der Waals surface area (Å²) in [5.41, 5.74) is 2.18. The van der Waals surface area contributed by atoms with Gasteiger partial charge < -0.3 is 9.64 Å². The number of rotatable bonds is 3. The first-order valence-electron chi connectivity index (χ1n) is 6.79. The van der Waals surface area contributed by atoms with Crippen LogP contribution in [-0.4, -0.2) is 25.7 Å². The molecule has 1 saturated heterocycles. The van der Waals surface area contributed by atoms with Crippen LogP contribution in [0.15, 0.2) is 24.3 Å². The third-order valence-corrected chi connectivity index (χ3v) is 3.09. The van der Waals surface area contributed by atoms with Crippen molar-refractivity contribution in [3.05, 3.63) is 29.8 Å². The van der Waals surface area contributed by atoms with Crippen LogP contribution in [0.1, 0.15) is 31.7 Å². The van der Waals surface area contributed by atoms with Crippen molar-refractivity contribution in [2.75, 3.05) is 24.6 Å². The molecule has 0 amide bonds. The van der Waals surface area contributed by atoms with Gasteiger partial charge >= 0.3 is 5.97 Å². The van der Waals surface area contributed by atoms with E-state index in [2.05, 4.69) is 28.9 Å². The van der Waals surface area contributed by atoms with Crippen LogP contribution in [0.3, 0.4) is 0 Å². The van der Waals surface area contributed by atoms with Crippen molar-refractivity contribution < 1.29 is 9.53 Å². The van der Waals surface area contributed by atoms with E-state index in [0.29, 0.717) is 6.61 Å². The van der Waals surface area contributed by atoms with Crippen LogP contribution in [0.2, 0.25) is 0 Å². The van der Waals surface area contributed by atoms with Crippen molar-refractivity contribution in [1.29, 1.82) is 0 Å². The fraction of sp³-hybridized carbons (Fsp3) is 0.438.